The summed E-state index contributed by atoms with van der Waals surface area (Å²) >= 11 is 0. The first-order valence-electron chi connectivity index (χ1n) is 7.00. The maximum Gasteiger partial charge on any atom is 0.237 e. The third-order valence-electron chi connectivity index (χ3n) is 3.38. The fourth-order valence-corrected chi connectivity index (χ4v) is 2.24. The summed E-state index contributed by atoms with van der Waals surface area (Å²) in [6.07, 6.45) is 4.26. The second-order valence-electron chi connectivity index (χ2n) is 4.96. The van der Waals surface area contributed by atoms with Crippen molar-refractivity contribution in [3.8, 4) is 0 Å². The number of nitrogens with one attached hydrogen (secondary N) is 2. The van der Waals surface area contributed by atoms with Crippen molar-refractivity contribution in [1.29, 1.82) is 0 Å². The SMILES string of the molecule is NCCCCNC(=O)C(N)Cc1c[nH]c2ccccc12. The van der Waals surface area contributed by atoms with Gasteiger partial charge in [0.1, 0.15) is 0 Å². The molecule has 5 nitrogen and oxygen atoms in total. The molecule has 5 heteroatoms. The van der Waals surface area contributed by atoms with Crippen LogP contribution in [-0.4, -0.2) is 30.0 Å². The van der Waals surface area contributed by atoms with Gasteiger partial charge in [-0.15, -0.1) is 0 Å². The van der Waals surface area contributed by atoms with Crippen LogP contribution in [0, 0.1) is 0 Å². The summed E-state index contributed by atoms with van der Waals surface area (Å²) in [5.74, 6) is -0.104. The van der Waals surface area contributed by atoms with Gasteiger partial charge < -0.3 is 21.8 Å². The Kier molecular flexibility index (Phi) is 5.15. The van der Waals surface area contributed by atoms with Crippen LogP contribution in [0.3, 0.4) is 0 Å². The largest absolute Gasteiger partial charge is 0.361 e. The van der Waals surface area contributed by atoms with Crippen LogP contribution in [0.1, 0.15) is 18.4 Å². The Labute approximate surface area is 118 Å². The number of hydrogen-bond donors (Lipinski definition) is 4. The van der Waals surface area contributed by atoms with Crippen molar-refractivity contribution in [3.05, 3.63) is 36.0 Å². The first-order valence-corrected chi connectivity index (χ1v) is 7.00. The predicted molar refractivity (Wildman–Crippen MR) is 81.3 cm³/mol. The zero-order valence-electron chi connectivity index (χ0n) is 11.6. The first-order chi connectivity index (χ1) is 9.72. The van der Waals surface area contributed by atoms with Gasteiger partial charge >= 0.3 is 0 Å². The number of para-hydroxylation sites is 1. The molecular formula is C15H22N4O. The number of unbranched alkanes of at least 4 members (excludes halogenated alkanes) is 1. The average molecular weight is 274 g/mol. The Morgan fingerprint density at radius 1 is 1.30 bits per heavy atom. The molecule has 6 N–H and O–H groups in total. The lowest BCUT2D eigenvalue weighted by atomic mass is 10.1. The zero-order valence-corrected chi connectivity index (χ0v) is 11.6. The van der Waals surface area contributed by atoms with Crippen LogP contribution in [-0.2, 0) is 11.2 Å². The van der Waals surface area contributed by atoms with E-state index in [1.54, 1.807) is 0 Å². The molecule has 20 heavy (non-hydrogen) atoms. The Bertz CT molecular complexity index is 564. The second kappa shape index (κ2) is 7.07. The highest BCUT2D eigenvalue weighted by Gasteiger charge is 2.15. The number of aromatic amines is 1. The molecule has 1 aromatic carbocycles. The topological polar surface area (TPSA) is 96.9 Å². The lowest BCUT2D eigenvalue weighted by Gasteiger charge is -2.11. The van der Waals surface area contributed by atoms with Gasteiger partial charge in [-0.05, 0) is 37.4 Å². The summed E-state index contributed by atoms with van der Waals surface area (Å²) < 4.78 is 0. The second-order valence-corrected chi connectivity index (χ2v) is 4.96. The number of carbonyl (C=O) groups is 1. The van der Waals surface area contributed by atoms with Crippen molar-refractivity contribution in [2.45, 2.75) is 25.3 Å². The monoisotopic (exact) mass is 274 g/mol. The number of hydrogen-bond acceptors (Lipinski definition) is 3. The number of rotatable bonds is 7. The fourth-order valence-electron chi connectivity index (χ4n) is 2.24. The van der Waals surface area contributed by atoms with Crippen molar-refractivity contribution < 1.29 is 4.79 Å². The Morgan fingerprint density at radius 2 is 2.10 bits per heavy atom. The molecule has 0 aliphatic rings. The van der Waals surface area contributed by atoms with E-state index < -0.39 is 6.04 Å². The van der Waals surface area contributed by atoms with Crippen molar-refractivity contribution >= 4 is 16.8 Å². The van der Waals surface area contributed by atoms with E-state index >= 15 is 0 Å². The third-order valence-corrected chi connectivity index (χ3v) is 3.38. The third kappa shape index (κ3) is 3.59. The molecule has 1 amide bonds. The highest BCUT2D eigenvalue weighted by Crippen LogP contribution is 2.18. The summed E-state index contributed by atoms with van der Waals surface area (Å²) in [6, 6.07) is 7.49. The normalized spacial score (nSPS) is 12.5. The lowest BCUT2D eigenvalue weighted by molar-refractivity contribution is -0.122. The molecular weight excluding hydrogens is 252 g/mol. The Morgan fingerprint density at radius 3 is 2.90 bits per heavy atom. The van der Waals surface area contributed by atoms with Gasteiger partial charge in [0.15, 0.2) is 0 Å². The summed E-state index contributed by atoms with van der Waals surface area (Å²) in [5, 5.41) is 3.97. The Hall–Kier alpha value is -1.85. The average Bonchev–Trinajstić information content (AvgIpc) is 2.87. The van der Waals surface area contributed by atoms with Gasteiger partial charge in [0.25, 0.3) is 0 Å². The number of benzene rings is 1. The van der Waals surface area contributed by atoms with E-state index in [0.717, 1.165) is 29.3 Å². The van der Waals surface area contributed by atoms with E-state index in [9.17, 15) is 4.79 Å². The number of H-pyrrole nitrogens is 1. The van der Waals surface area contributed by atoms with Crippen LogP contribution in [0.2, 0.25) is 0 Å². The van der Waals surface area contributed by atoms with Crippen molar-refractivity contribution in [3.63, 3.8) is 0 Å². The minimum atomic E-state index is -0.521. The molecule has 0 aliphatic heterocycles. The molecule has 0 radical (unpaired) electrons. The summed E-state index contributed by atoms with van der Waals surface area (Å²) in [7, 11) is 0. The molecule has 0 saturated carbocycles. The fraction of sp³-hybridized carbons (Fsp3) is 0.400. The highest BCUT2D eigenvalue weighted by molar-refractivity contribution is 5.86. The van der Waals surface area contributed by atoms with Gasteiger partial charge in [0.05, 0.1) is 6.04 Å². The quantitative estimate of drug-likeness (QED) is 0.565. The van der Waals surface area contributed by atoms with Gasteiger partial charge in [0, 0.05) is 23.6 Å². The molecule has 2 aromatic rings. The van der Waals surface area contributed by atoms with Gasteiger partial charge in [-0.1, -0.05) is 18.2 Å². The molecule has 108 valence electrons. The van der Waals surface area contributed by atoms with Crippen LogP contribution in [0.4, 0.5) is 0 Å². The minimum Gasteiger partial charge on any atom is -0.361 e. The highest BCUT2D eigenvalue weighted by atomic mass is 16.2. The maximum absolute atomic E-state index is 11.9. The molecule has 0 spiro atoms. The molecule has 0 saturated heterocycles. The number of amides is 1. The summed E-state index contributed by atoms with van der Waals surface area (Å²) in [6.45, 7) is 1.29. The van der Waals surface area contributed by atoms with Crippen molar-refractivity contribution in [2.75, 3.05) is 13.1 Å². The molecule has 0 bridgehead atoms. The predicted octanol–water partition coefficient (Wildman–Crippen LogP) is 0.893. The maximum atomic E-state index is 11.9. The number of fused-ring (bicyclic) bond motifs is 1. The molecule has 1 unspecified atom stereocenters. The van der Waals surface area contributed by atoms with Crippen LogP contribution < -0.4 is 16.8 Å². The van der Waals surface area contributed by atoms with Crippen LogP contribution in [0.25, 0.3) is 10.9 Å². The molecule has 1 heterocycles. The van der Waals surface area contributed by atoms with Crippen molar-refractivity contribution in [1.82, 2.24) is 10.3 Å². The van der Waals surface area contributed by atoms with Crippen LogP contribution in [0.5, 0.6) is 0 Å². The molecule has 0 fully saturated rings. The molecule has 1 atom stereocenters. The molecule has 2 rings (SSSR count). The van der Waals surface area contributed by atoms with Gasteiger partial charge in [-0.2, -0.15) is 0 Å². The van der Waals surface area contributed by atoms with E-state index in [1.807, 2.05) is 30.5 Å². The molecule has 0 aliphatic carbocycles. The van der Waals surface area contributed by atoms with E-state index in [2.05, 4.69) is 10.3 Å². The zero-order chi connectivity index (χ0) is 14.4. The van der Waals surface area contributed by atoms with E-state index in [-0.39, 0.29) is 5.91 Å². The van der Waals surface area contributed by atoms with E-state index in [0.29, 0.717) is 19.5 Å². The molecule has 1 aromatic heterocycles. The van der Waals surface area contributed by atoms with Gasteiger partial charge in [-0.25, -0.2) is 0 Å². The Balaban J connectivity index is 1.90. The number of carbonyl (C=O) groups excluding carboxylic acids is 1. The van der Waals surface area contributed by atoms with Gasteiger partial charge in [0.2, 0.25) is 5.91 Å². The van der Waals surface area contributed by atoms with Crippen LogP contribution in [0.15, 0.2) is 30.5 Å². The van der Waals surface area contributed by atoms with Crippen LogP contribution >= 0.6 is 0 Å². The smallest absolute Gasteiger partial charge is 0.237 e. The summed E-state index contributed by atoms with van der Waals surface area (Å²) in [4.78, 5) is 15.1. The summed E-state index contributed by atoms with van der Waals surface area (Å²) in [5.41, 5.74) is 13.5. The van der Waals surface area contributed by atoms with E-state index in [4.69, 9.17) is 11.5 Å². The lowest BCUT2D eigenvalue weighted by Crippen LogP contribution is -2.42. The van der Waals surface area contributed by atoms with Gasteiger partial charge in [-0.3, -0.25) is 4.79 Å². The van der Waals surface area contributed by atoms with E-state index in [1.165, 1.54) is 0 Å². The van der Waals surface area contributed by atoms with Crippen molar-refractivity contribution in [2.24, 2.45) is 11.5 Å². The number of nitrogens with two attached hydrogens (primary N) is 2. The standard InChI is InChI=1S/C15H22N4O/c16-7-3-4-8-18-15(20)13(17)9-11-10-19-14-6-2-1-5-12(11)14/h1-2,5-6,10,13,19H,3-4,7-9,16-17H2,(H,18,20). The minimum absolute atomic E-state index is 0.104. The number of aromatic nitrogens is 1. The first kappa shape index (κ1) is 14.6.